The van der Waals surface area contributed by atoms with Gasteiger partial charge in [-0.1, -0.05) is 11.6 Å². The van der Waals surface area contributed by atoms with E-state index in [1.54, 1.807) is 6.07 Å². The molecule has 0 heterocycles. The number of anilines is 2. The van der Waals surface area contributed by atoms with Crippen molar-refractivity contribution in [1.29, 1.82) is 0 Å². The van der Waals surface area contributed by atoms with Gasteiger partial charge in [0, 0.05) is 10.2 Å². The van der Waals surface area contributed by atoms with E-state index < -0.39 is 15.8 Å². The molecule has 0 spiro atoms. The molecule has 3 N–H and O–H groups in total. The summed E-state index contributed by atoms with van der Waals surface area (Å²) in [5.41, 5.74) is 6.10. The Hall–Kier alpha value is -1.31. The second kappa shape index (κ2) is 5.59. The predicted molar refractivity (Wildman–Crippen MR) is 80.8 cm³/mol. The predicted octanol–water partition coefficient (Wildman–Crippen LogP) is 3.62. The van der Waals surface area contributed by atoms with Gasteiger partial charge in [-0.25, -0.2) is 12.8 Å². The third-order valence-corrected chi connectivity index (χ3v) is 5.09. The van der Waals surface area contributed by atoms with Crippen molar-refractivity contribution in [3.8, 4) is 0 Å². The maximum absolute atomic E-state index is 13.0. The van der Waals surface area contributed by atoms with Crippen LogP contribution in [-0.4, -0.2) is 8.42 Å². The smallest absolute Gasteiger partial charge is 0.263 e. The number of nitrogens with two attached hydrogens (primary N) is 1. The average Bonchev–Trinajstić information content (AvgIpc) is 2.33. The van der Waals surface area contributed by atoms with Crippen LogP contribution < -0.4 is 10.5 Å². The Labute approximate surface area is 128 Å². The molecular formula is C12H9BrClFN2O2S. The van der Waals surface area contributed by atoms with E-state index in [1.807, 2.05) is 0 Å². The second-order valence-electron chi connectivity index (χ2n) is 3.92. The summed E-state index contributed by atoms with van der Waals surface area (Å²) in [5, 5.41) is 0.209. The minimum Gasteiger partial charge on any atom is -0.399 e. The molecule has 0 amide bonds. The summed E-state index contributed by atoms with van der Waals surface area (Å²) >= 11 is 8.91. The van der Waals surface area contributed by atoms with Gasteiger partial charge < -0.3 is 5.73 Å². The third-order valence-electron chi connectivity index (χ3n) is 2.42. The van der Waals surface area contributed by atoms with Crippen LogP contribution in [0, 0.1) is 5.82 Å². The first-order valence-electron chi connectivity index (χ1n) is 5.32. The summed E-state index contributed by atoms with van der Waals surface area (Å²) in [6.07, 6.45) is 0. The molecule has 8 heteroatoms. The van der Waals surface area contributed by atoms with Gasteiger partial charge in [0.15, 0.2) is 0 Å². The van der Waals surface area contributed by atoms with E-state index in [0.717, 1.165) is 18.2 Å². The quantitative estimate of drug-likeness (QED) is 0.800. The van der Waals surface area contributed by atoms with Crippen molar-refractivity contribution < 1.29 is 12.8 Å². The lowest BCUT2D eigenvalue weighted by molar-refractivity contribution is 0.599. The van der Waals surface area contributed by atoms with Crippen molar-refractivity contribution in [2.45, 2.75) is 4.90 Å². The van der Waals surface area contributed by atoms with Crippen molar-refractivity contribution in [2.75, 3.05) is 10.5 Å². The summed E-state index contributed by atoms with van der Waals surface area (Å²) in [4.78, 5) is -0.0996. The molecule has 106 valence electrons. The number of nitrogens with one attached hydrogen (secondary N) is 1. The summed E-state index contributed by atoms with van der Waals surface area (Å²) < 4.78 is 39.9. The van der Waals surface area contributed by atoms with Gasteiger partial charge in [0.25, 0.3) is 10.0 Å². The van der Waals surface area contributed by atoms with Crippen molar-refractivity contribution in [3.63, 3.8) is 0 Å². The van der Waals surface area contributed by atoms with Gasteiger partial charge in [0.05, 0.1) is 10.7 Å². The zero-order valence-corrected chi connectivity index (χ0v) is 13.1. The van der Waals surface area contributed by atoms with Crippen LogP contribution in [0.4, 0.5) is 15.8 Å². The van der Waals surface area contributed by atoms with E-state index in [1.165, 1.54) is 12.1 Å². The molecule has 0 saturated carbocycles. The number of hydrogen-bond acceptors (Lipinski definition) is 3. The van der Waals surface area contributed by atoms with Crippen LogP contribution in [0.15, 0.2) is 45.8 Å². The van der Waals surface area contributed by atoms with Crippen molar-refractivity contribution in [3.05, 3.63) is 51.7 Å². The standard InChI is InChI=1S/C12H9BrClFN2O2S/c13-9-5-7(15)1-4-12(9)20(18,19)17-11-6-8(16)2-3-10(11)14/h1-6,17H,16H2. The Bertz CT molecular complexity index is 768. The largest absolute Gasteiger partial charge is 0.399 e. The number of sulfonamides is 1. The minimum absolute atomic E-state index is 0.0996. The second-order valence-corrected chi connectivity index (χ2v) is 6.83. The van der Waals surface area contributed by atoms with E-state index in [4.69, 9.17) is 17.3 Å². The third kappa shape index (κ3) is 3.23. The molecule has 0 bridgehead atoms. The fourth-order valence-electron chi connectivity index (χ4n) is 1.51. The van der Waals surface area contributed by atoms with Crippen LogP contribution >= 0.6 is 27.5 Å². The summed E-state index contributed by atoms with van der Waals surface area (Å²) in [6.45, 7) is 0. The van der Waals surface area contributed by atoms with Crippen LogP contribution in [0.1, 0.15) is 0 Å². The Kier molecular flexibility index (Phi) is 4.22. The van der Waals surface area contributed by atoms with E-state index in [-0.39, 0.29) is 20.1 Å². The molecule has 2 rings (SSSR count). The fraction of sp³-hybridized carbons (Fsp3) is 0. The lowest BCUT2D eigenvalue weighted by Gasteiger charge is -2.11. The number of rotatable bonds is 3. The van der Waals surface area contributed by atoms with Crippen LogP contribution in [0.5, 0.6) is 0 Å². The monoisotopic (exact) mass is 378 g/mol. The Morgan fingerprint density at radius 1 is 1.20 bits per heavy atom. The van der Waals surface area contributed by atoms with Gasteiger partial charge in [-0.3, -0.25) is 4.72 Å². The van der Waals surface area contributed by atoms with E-state index in [9.17, 15) is 12.8 Å². The lowest BCUT2D eigenvalue weighted by atomic mass is 10.3. The van der Waals surface area contributed by atoms with E-state index in [2.05, 4.69) is 20.7 Å². The Morgan fingerprint density at radius 3 is 2.55 bits per heavy atom. The Balaban J connectivity index is 2.43. The topological polar surface area (TPSA) is 72.2 Å². The number of hydrogen-bond donors (Lipinski definition) is 2. The van der Waals surface area contributed by atoms with Crippen LogP contribution in [0.3, 0.4) is 0 Å². The first-order chi connectivity index (χ1) is 9.29. The zero-order valence-electron chi connectivity index (χ0n) is 9.90. The SMILES string of the molecule is Nc1ccc(Cl)c(NS(=O)(=O)c2ccc(F)cc2Br)c1. The van der Waals surface area contributed by atoms with Crippen molar-refractivity contribution >= 4 is 48.9 Å². The number of halogens is 3. The molecule has 0 saturated heterocycles. The molecule has 0 aliphatic heterocycles. The highest BCUT2D eigenvalue weighted by Crippen LogP contribution is 2.29. The molecule has 0 aliphatic rings. The summed E-state index contributed by atoms with van der Waals surface area (Å²) in [5.74, 6) is -0.544. The molecular weight excluding hydrogens is 371 g/mol. The molecule has 0 fully saturated rings. The lowest BCUT2D eigenvalue weighted by Crippen LogP contribution is -2.14. The van der Waals surface area contributed by atoms with Gasteiger partial charge in [0.2, 0.25) is 0 Å². The maximum Gasteiger partial charge on any atom is 0.263 e. The summed E-state index contributed by atoms with van der Waals surface area (Å²) in [7, 11) is -3.90. The van der Waals surface area contributed by atoms with Gasteiger partial charge >= 0.3 is 0 Å². The molecule has 4 nitrogen and oxygen atoms in total. The normalized spacial score (nSPS) is 11.3. The highest BCUT2D eigenvalue weighted by Gasteiger charge is 2.19. The fourth-order valence-corrected chi connectivity index (χ4v) is 3.86. The maximum atomic E-state index is 13.0. The molecule has 0 unspecified atom stereocenters. The van der Waals surface area contributed by atoms with Gasteiger partial charge in [-0.15, -0.1) is 0 Å². The van der Waals surface area contributed by atoms with Crippen molar-refractivity contribution in [2.24, 2.45) is 0 Å². The summed E-state index contributed by atoms with van der Waals surface area (Å²) in [6, 6.07) is 7.71. The number of benzene rings is 2. The highest BCUT2D eigenvalue weighted by atomic mass is 79.9. The van der Waals surface area contributed by atoms with Gasteiger partial charge in [-0.05, 0) is 52.3 Å². The van der Waals surface area contributed by atoms with E-state index >= 15 is 0 Å². The van der Waals surface area contributed by atoms with Gasteiger partial charge in [0.1, 0.15) is 10.7 Å². The zero-order chi connectivity index (χ0) is 14.9. The molecule has 0 aromatic heterocycles. The Morgan fingerprint density at radius 2 is 1.90 bits per heavy atom. The van der Waals surface area contributed by atoms with Crippen LogP contribution in [0.25, 0.3) is 0 Å². The average molecular weight is 380 g/mol. The van der Waals surface area contributed by atoms with Crippen LogP contribution in [-0.2, 0) is 10.0 Å². The molecule has 2 aromatic carbocycles. The highest BCUT2D eigenvalue weighted by molar-refractivity contribution is 9.10. The minimum atomic E-state index is -3.90. The van der Waals surface area contributed by atoms with E-state index in [0.29, 0.717) is 5.69 Å². The molecule has 2 aromatic rings. The first-order valence-corrected chi connectivity index (χ1v) is 7.98. The molecule has 0 radical (unpaired) electrons. The molecule has 0 atom stereocenters. The van der Waals surface area contributed by atoms with Crippen LogP contribution in [0.2, 0.25) is 5.02 Å². The number of nitrogen functional groups attached to an aromatic ring is 1. The first kappa shape index (κ1) is 15.1. The van der Waals surface area contributed by atoms with Gasteiger partial charge in [-0.2, -0.15) is 0 Å². The van der Waals surface area contributed by atoms with Crippen molar-refractivity contribution in [1.82, 2.24) is 0 Å². The molecule has 20 heavy (non-hydrogen) atoms. The molecule has 0 aliphatic carbocycles.